The molecule has 4 amide bonds. The van der Waals surface area contributed by atoms with E-state index >= 15 is 0 Å². The van der Waals surface area contributed by atoms with Crippen LogP contribution in [-0.4, -0.2) is 259 Å². The number of amides is 4. The summed E-state index contributed by atoms with van der Waals surface area (Å²) in [7, 11) is -17.5. The van der Waals surface area contributed by atoms with Crippen LogP contribution in [0.3, 0.4) is 0 Å². The minimum Gasteiger partial charge on any atom is -0.508 e. The number of carbonyl (C=O) groups excluding carboxylic acids is 10. The smallest absolute Gasteiger partial charge is 0.508 e. The third-order valence-corrected chi connectivity index (χ3v) is 18.0. The Bertz CT molecular complexity index is 5550. The summed E-state index contributed by atoms with van der Waals surface area (Å²) in [6.07, 6.45) is -0.320. The Labute approximate surface area is 931 Å². The third-order valence-electron chi connectivity index (χ3n) is 15.6. The van der Waals surface area contributed by atoms with Gasteiger partial charge >= 0.3 is 101 Å². The molecule has 0 spiro atoms. The van der Waals surface area contributed by atoms with Crippen LogP contribution in [0.15, 0.2) is 131 Å². The summed E-state index contributed by atoms with van der Waals surface area (Å²) in [6.45, 7) is 25.0. The van der Waals surface area contributed by atoms with E-state index in [1.165, 1.54) is 12.1 Å². The second-order valence-corrected chi connectivity index (χ2v) is 37.2. The largest absolute Gasteiger partial charge is 0.522 e. The number of esters is 4. The van der Waals surface area contributed by atoms with Crippen LogP contribution < -0.4 is 70.4 Å². The number of alkyl halides is 10. The van der Waals surface area contributed by atoms with E-state index in [1.54, 1.807) is 163 Å². The molecule has 4 aliphatic heterocycles. The molecule has 0 bridgehead atoms. The molecule has 8 rings (SSSR count). The molecular weight excluding hydrogens is 2440 g/mol. The maximum atomic E-state index is 12.7. The molecule has 854 valence electrons. The first-order valence-corrected chi connectivity index (χ1v) is 49.8. The third kappa shape index (κ3) is 68.6. The number of carboxylic acids is 2. The van der Waals surface area contributed by atoms with E-state index in [-0.39, 0.29) is 158 Å². The fraction of sp³-hybridized carbons (Fsp3) is 0.459. The second-order valence-electron chi connectivity index (χ2n) is 31.2. The zero-order valence-corrected chi connectivity index (χ0v) is 91.5. The van der Waals surface area contributed by atoms with E-state index in [0.717, 1.165) is 23.2 Å². The topological polar surface area (TPSA) is 752 Å². The van der Waals surface area contributed by atoms with Crippen LogP contribution in [0.4, 0.5) is 53.9 Å². The summed E-state index contributed by atoms with van der Waals surface area (Å²) >= 11 is 21.7. The molecule has 4 aromatic rings. The quantitative estimate of drug-likeness (QED) is 0.00280. The number of thiocarbonyl (C=S) groups is 4. The second kappa shape index (κ2) is 72.4. The molecule has 25 N–H and O–H groups in total. The Balaban J connectivity index is -0.000000535. The van der Waals surface area contributed by atoms with Gasteiger partial charge in [0.05, 0.1) is 67.7 Å². The van der Waals surface area contributed by atoms with Crippen molar-refractivity contribution in [2.24, 2.45) is 17.2 Å². The molecule has 47 nitrogen and oxygen atoms in total. The fourth-order valence-corrected chi connectivity index (χ4v) is 10.9. The normalized spacial score (nSPS) is 14.4. The predicted octanol–water partition coefficient (Wildman–Crippen LogP) is 9.47. The number of Topliss-reactive ketones (excluding diaryl/α,β-unsaturated/α-hetero) is 1. The van der Waals surface area contributed by atoms with Crippen molar-refractivity contribution in [2.75, 3.05) is 64.1 Å². The summed E-state index contributed by atoms with van der Waals surface area (Å²) < 4.78 is 213. The van der Waals surface area contributed by atoms with Crippen LogP contribution in [0, 0.1) is 46.9 Å². The van der Waals surface area contributed by atoms with Gasteiger partial charge in [0.2, 0.25) is 0 Å². The van der Waals surface area contributed by atoms with E-state index in [1.807, 2.05) is 34.7 Å². The van der Waals surface area contributed by atoms with Gasteiger partial charge in [-0.25, -0.2) is 24.0 Å². The Morgan fingerprint density at radius 2 is 0.807 bits per heavy atom. The maximum Gasteiger partial charge on any atom is 0.522 e. The summed E-state index contributed by atoms with van der Waals surface area (Å²) in [5.41, 5.74) is 2.70. The fourth-order valence-electron chi connectivity index (χ4n) is 10.2. The van der Waals surface area contributed by atoms with Crippen LogP contribution in [0.25, 0.3) is 0 Å². The molecule has 3 atom stereocenters. The minimum absolute atomic E-state index is 0. The predicted molar refractivity (Wildman–Crippen MR) is 541 cm³/mol. The van der Waals surface area contributed by atoms with Crippen molar-refractivity contribution in [3.63, 3.8) is 0 Å². The van der Waals surface area contributed by atoms with Crippen LogP contribution in [0.2, 0.25) is 0 Å². The van der Waals surface area contributed by atoms with E-state index < -0.39 is 136 Å². The number of ketones is 1. The molecular formula is C85H119F9IN13O34S7Yb. The van der Waals surface area contributed by atoms with Gasteiger partial charge in [0, 0.05) is 123 Å². The first kappa shape index (κ1) is 145. The average molecular weight is 2560 g/mol. The van der Waals surface area contributed by atoms with Gasteiger partial charge < -0.3 is 134 Å². The van der Waals surface area contributed by atoms with Crippen molar-refractivity contribution >= 4 is 194 Å². The van der Waals surface area contributed by atoms with Gasteiger partial charge in [-0.3, -0.25) is 47.2 Å². The number of aromatic hydroxyl groups is 4. The molecule has 0 aliphatic carbocycles. The van der Waals surface area contributed by atoms with Crippen molar-refractivity contribution in [1.29, 1.82) is 0 Å². The average Bonchev–Trinajstić information content (AvgIpc) is 0.788. The number of carboxylic acid groups (broad SMARTS) is 2. The molecule has 0 radical (unpaired) electrons. The number of benzene rings is 4. The van der Waals surface area contributed by atoms with E-state index in [2.05, 4.69) is 86.3 Å². The summed E-state index contributed by atoms with van der Waals surface area (Å²) in [4.78, 5) is 134. The zero-order valence-electron chi connectivity index (χ0n) is 82.9. The Morgan fingerprint density at radius 1 is 0.500 bits per heavy atom. The molecule has 4 aliphatic rings. The van der Waals surface area contributed by atoms with Gasteiger partial charge in [0.1, 0.15) is 64.7 Å². The number of alkyl carbamates (subject to hydrolysis) is 3. The molecule has 0 aromatic heterocycles. The standard InChI is InChI=1S/C20H27N3O5S.C15H19N3O3S.C13H13N3O2S.C12H21NO5.C8H15NO4.C7H6O2.C5H8O4.3CHF3O3S.CH3I.CH4N2S.Yb/c1-5-27-17(25)15-14(9-10-21-19(26)28-20(2,3)4)22-18(29)23-16(15)12-7-6-8-13(24)11-12;1-2-21-14(20)12-11(6-7-16)17-15(22)18-13(12)9-4-3-5-10(19)8-9;17-8-3-1-2-7(6-8)11-10-9(15-13(19)16-11)4-5-14-12(10)18;1-5-17-10(15)8-9(14)6-7-13-11(16)18-12(2,3)4;1-8(2,3)13-7(12)9-5-4-6(10)11;8-5-6-2-1-3-7(9)4-6;1-2-9-5(8)3-4(6)7;3*2-1(3,4)8(5,6)7;1-2;2-1(3)4;/h6-8,11,16,24H,5,9-10H2,1-4H3,(H,21,26)(H2,22,23,29);3-5,8,13,19H,2,6-7,16H2,1H3,(H2,17,18,22);1-3,6,11,17H,4-5H2,(H,14,18)(H2,15,16,19);5-8H2,1-4H3,(H,13,16);4-5H2,1-3H3,(H,9,12)(H,10,11);1-5,9H;2-3H2,1H3,(H,6,7);3*(H,5,6,7);1H3;(H4,2,3,4);/i;;;;;;;;;;1D;;. The molecule has 65 heteroatoms. The number of carbonyl (C=O) groups is 12. The first-order valence-electron chi connectivity index (χ1n) is 43.0. The van der Waals surface area contributed by atoms with E-state index in [0.29, 0.717) is 91.7 Å². The number of phenols is 4. The molecule has 3 unspecified atom stereocenters. The van der Waals surface area contributed by atoms with Crippen LogP contribution in [0.5, 0.6) is 23.0 Å². The van der Waals surface area contributed by atoms with Crippen LogP contribution >= 0.6 is 71.5 Å². The molecule has 0 saturated heterocycles. The van der Waals surface area contributed by atoms with Gasteiger partial charge in [-0.2, -0.15) is 64.8 Å². The number of nitrogens with two attached hydrogens (primary N) is 3. The number of phenolic OH excluding ortho intramolecular Hbond substituents is 4. The zero-order chi connectivity index (χ0) is 117. The minimum atomic E-state index is -5.84. The SMILES string of the molecule is CC(C)(C)OC(=O)NCCC(=O)O.CCOC(=O)C1=C(CCN)NC(=S)NC1c1cccc(O)c1.CCOC(=O)C1=C(CCNC(=O)OC(C)(C)C)NC(=S)NC1c1cccc(O)c1.CCOC(=O)CC(=O)CCNC(=O)OC(C)(C)C.CCOC(=O)CC(=O)O.NC(N)=S.O=C1NCCC2=C1C(c1cccc(O)c1)NC(=S)N2.O=Cc1cccc(O)c1.O=S(=O)(O)C(F)(F)F.O=S(=O)(O)C(F)(F)F.O=S(=O)(O)C(F)(F)F.[2H]CI.[Yb]. The first-order chi connectivity index (χ1) is 68.8. The van der Waals surface area contributed by atoms with Crippen molar-refractivity contribution in [3.8, 4) is 23.0 Å². The summed E-state index contributed by atoms with van der Waals surface area (Å²) in [6, 6.07) is 24.9. The van der Waals surface area contributed by atoms with Crippen LogP contribution in [0.1, 0.15) is 181 Å². The summed E-state index contributed by atoms with van der Waals surface area (Å²) in [5.74, 6) is -4.16. The number of aldehydes is 1. The van der Waals surface area contributed by atoms with Gasteiger partial charge in [0.25, 0.3) is 5.91 Å². The number of hydrogen-bond acceptors (Lipinski definition) is 34. The van der Waals surface area contributed by atoms with E-state index in [4.69, 9.17) is 122 Å². The number of ether oxygens (including phenoxy) is 7. The summed E-state index contributed by atoms with van der Waals surface area (Å²) in [5, 5.41) is 83.8. The molecule has 0 saturated carbocycles. The molecule has 0 fully saturated rings. The van der Waals surface area contributed by atoms with Crippen LogP contribution in [-0.2, 0) is 102 Å². The van der Waals surface area contributed by atoms with Gasteiger partial charge in [-0.15, -0.1) is 0 Å². The Hall–Kier alpha value is -11.2. The number of hydrogen-bond donors (Lipinski definition) is 22. The maximum absolute atomic E-state index is 12.7. The van der Waals surface area contributed by atoms with Crippen molar-refractivity contribution < 1.29 is 248 Å². The Kier molecular flexibility index (Phi) is 70.0. The van der Waals surface area contributed by atoms with Crippen molar-refractivity contribution in [3.05, 3.63) is 153 Å². The van der Waals surface area contributed by atoms with E-state index in [9.17, 15) is 112 Å². The van der Waals surface area contributed by atoms with Crippen molar-refractivity contribution in [2.45, 2.75) is 186 Å². The van der Waals surface area contributed by atoms with Gasteiger partial charge in [0.15, 0.2) is 20.4 Å². The van der Waals surface area contributed by atoms with Gasteiger partial charge in [-0.1, -0.05) is 71.1 Å². The number of aliphatic carboxylic acids is 2. The molecule has 4 heterocycles. The Morgan fingerprint density at radius 3 is 1.11 bits per heavy atom. The van der Waals surface area contributed by atoms with Crippen molar-refractivity contribution in [1.82, 2.24) is 53.2 Å². The molecule has 4 aromatic carbocycles. The molecule has 150 heavy (non-hydrogen) atoms. The number of nitrogens with one attached hydrogen (secondary N) is 10. The number of halogens is 10. The number of rotatable bonds is 25. The van der Waals surface area contributed by atoms with Gasteiger partial charge in [-0.05, 0) is 216 Å². The monoisotopic (exact) mass is 2560 g/mol.